The molecule has 5 nitrogen and oxygen atoms in total. The first kappa shape index (κ1) is 22.4. The predicted molar refractivity (Wildman–Crippen MR) is 127 cm³/mol. The molecule has 0 aliphatic carbocycles. The zero-order valence-corrected chi connectivity index (χ0v) is 19.7. The van der Waals surface area contributed by atoms with E-state index in [2.05, 4.69) is 39.8 Å². The summed E-state index contributed by atoms with van der Waals surface area (Å²) in [4.78, 5) is 29.3. The van der Waals surface area contributed by atoms with Crippen molar-refractivity contribution < 1.29 is 14.3 Å². The lowest BCUT2D eigenvalue weighted by Crippen LogP contribution is -2.38. The lowest BCUT2D eigenvalue weighted by molar-refractivity contribution is -0.121. The van der Waals surface area contributed by atoms with E-state index in [1.165, 1.54) is 5.56 Å². The van der Waals surface area contributed by atoms with Crippen LogP contribution in [0.4, 0.5) is 5.69 Å². The summed E-state index contributed by atoms with van der Waals surface area (Å²) in [6.45, 7) is 11.0. The molecule has 2 aliphatic rings. The summed E-state index contributed by atoms with van der Waals surface area (Å²) in [5.74, 6) is 1.49. The summed E-state index contributed by atoms with van der Waals surface area (Å²) in [6, 6.07) is 13.9. The fourth-order valence-corrected chi connectivity index (χ4v) is 4.33. The van der Waals surface area contributed by atoms with Crippen LogP contribution < -0.4 is 9.64 Å². The van der Waals surface area contributed by atoms with Crippen molar-refractivity contribution in [3.05, 3.63) is 59.2 Å². The zero-order valence-electron chi connectivity index (χ0n) is 19.7. The van der Waals surface area contributed by atoms with Crippen molar-refractivity contribution in [2.75, 3.05) is 24.6 Å². The van der Waals surface area contributed by atoms with E-state index in [1.807, 2.05) is 35.2 Å². The van der Waals surface area contributed by atoms with E-state index in [4.69, 9.17) is 4.74 Å². The van der Waals surface area contributed by atoms with Gasteiger partial charge in [0.25, 0.3) is 11.8 Å². The Kier molecular flexibility index (Phi) is 6.27. The van der Waals surface area contributed by atoms with Crippen LogP contribution in [-0.2, 0) is 16.8 Å². The Balaban J connectivity index is 1.52. The normalized spacial score (nSPS) is 17.2. The molecule has 0 spiro atoms. The molecule has 170 valence electrons. The molecule has 2 heterocycles. The smallest absolute Gasteiger partial charge is 0.265 e. The molecule has 2 aromatic carbocycles. The van der Waals surface area contributed by atoms with Crippen molar-refractivity contribution in [2.24, 2.45) is 5.92 Å². The Morgan fingerprint density at radius 3 is 2.44 bits per heavy atom. The number of carbonyl (C=O) groups is 2. The number of amides is 2. The number of anilines is 1. The lowest BCUT2D eigenvalue weighted by Gasteiger charge is -2.32. The molecule has 0 saturated carbocycles. The quantitative estimate of drug-likeness (QED) is 0.652. The molecule has 0 radical (unpaired) electrons. The van der Waals surface area contributed by atoms with Crippen molar-refractivity contribution in [1.82, 2.24) is 4.90 Å². The van der Waals surface area contributed by atoms with Gasteiger partial charge >= 0.3 is 0 Å². The minimum atomic E-state index is -0.0495. The van der Waals surface area contributed by atoms with Gasteiger partial charge < -0.3 is 14.5 Å². The minimum absolute atomic E-state index is 0.0233. The fraction of sp³-hybridized carbons (Fsp3) is 0.481. The van der Waals surface area contributed by atoms with Crippen LogP contribution in [0.3, 0.4) is 0 Å². The maximum absolute atomic E-state index is 12.8. The van der Waals surface area contributed by atoms with Crippen molar-refractivity contribution in [2.45, 2.75) is 58.9 Å². The summed E-state index contributed by atoms with van der Waals surface area (Å²) >= 11 is 0. The second-order valence-corrected chi connectivity index (χ2v) is 9.86. The van der Waals surface area contributed by atoms with Gasteiger partial charge in [0.2, 0.25) is 0 Å². The number of hydrogen-bond donors (Lipinski definition) is 0. The number of ether oxygens (including phenoxy) is 1. The molecule has 0 atom stereocenters. The third-order valence-electron chi connectivity index (χ3n) is 7.18. The van der Waals surface area contributed by atoms with Gasteiger partial charge in [-0.05, 0) is 66.0 Å². The van der Waals surface area contributed by atoms with Crippen LogP contribution in [-0.4, -0.2) is 36.4 Å². The molecule has 1 fully saturated rings. The maximum atomic E-state index is 12.8. The first-order valence-electron chi connectivity index (χ1n) is 11.7. The average Bonchev–Trinajstić information content (AvgIpc) is 2.81. The zero-order chi connectivity index (χ0) is 22.9. The third kappa shape index (κ3) is 4.52. The first-order chi connectivity index (χ1) is 15.3. The summed E-state index contributed by atoms with van der Waals surface area (Å²) in [6.07, 6.45) is 3.14. The summed E-state index contributed by atoms with van der Waals surface area (Å²) in [5, 5.41) is 0. The van der Waals surface area contributed by atoms with Gasteiger partial charge in [-0.3, -0.25) is 9.59 Å². The number of nitrogens with zero attached hydrogens (tertiary/aromatic N) is 2. The van der Waals surface area contributed by atoms with Gasteiger partial charge in [-0.15, -0.1) is 0 Å². The number of likely N-dealkylation sites (tertiary alicyclic amines) is 1. The second-order valence-electron chi connectivity index (χ2n) is 9.86. The topological polar surface area (TPSA) is 49.9 Å². The molecular formula is C27H34N2O3. The molecule has 0 unspecified atom stereocenters. The van der Waals surface area contributed by atoms with E-state index < -0.39 is 0 Å². The molecular weight excluding hydrogens is 400 g/mol. The highest BCUT2D eigenvalue weighted by Gasteiger charge is 2.28. The molecule has 2 aliphatic heterocycles. The Bertz CT molecular complexity index is 988. The van der Waals surface area contributed by atoms with Gasteiger partial charge in [-0.2, -0.15) is 0 Å². The number of rotatable bonds is 5. The molecule has 0 aromatic heterocycles. The summed E-state index contributed by atoms with van der Waals surface area (Å²) in [5.41, 5.74) is 3.75. The van der Waals surface area contributed by atoms with Crippen LogP contribution in [0.5, 0.6) is 5.75 Å². The first-order valence-corrected chi connectivity index (χ1v) is 11.7. The number of fused-ring (bicyclic) bond motifs is 1. The van der Waals surface area contributed by atoms with Crippen LogP contribution in [0.15, 0.2) is 42.5 Å². The van der Waals surface area contributed by atoms with Gasteiger partial charge in [0.05, 0.1) is 12.2 Å². The molecule has 2 aromatic rings. The van der Waals surface area contributed by atoms with Crippen molar-refractivity contribution in [3.8, 4) is 5.75 Å². The van der Waals surface area contributed by atoms with E-state index in [9.17, 15) is 9.59 Å². The van der Waals surface area contributed by atoms with Crippen LogP contribution in [0, 0.1) is 5.92 Å². The average molecular weight is 435 g/mol. The standard InChI is InChI=1S/C27H34N2O3/c1-5-27(3,4)22-10-11-24-23(16-22)29(25(30)18-32-24)17-20-6-8-21(9-7-20)26(31)28-14-12-19(2)13-15-28/h6-11,16,19H,5,12-15,17-18H2,1-4H3. The molecule has 32 heavy (non-hydrogen) atoms. The van der Waals surface area contributed by atoms with Crippen molar-refractivity contribution in [1.29, 1.82) is 0 Å². The fourth-order valence-electron chi connectivity index (χ4n) is 4.33. The van der Waals surface area contributed by atoms with E-state index in [0.29, 0.717) is 18.0 Å². The maximum Gasteiger partial charge on any atom is 0.265 e. The lowest BCUT2D eigenvalue weighted by atomic mass is 9.82. The summed E-state index contributed by atoms with van der Waals surface area (Å²) in [7, 11) is 0. The van der Waals surface area contributed by atoms with Gasteiger partial charge in [0.1, 0.15) is 5.75 Å². The number of hydrogen-bond acceptors (Lipinski definition) is 3. The third-order valence-corrected chi connectivity index (χ3v) is 7.18. The van der Waals surface area contributed by atoms with E-state index in [-0.39, 0.29) is 23.8 Å². The van der Waals surface area contributed by atoms with Crippen LogP contribution in [0.2, 0.25) is 0 Å². The monoisotopic (exact) mass is 434 g/mol. The largest absolute Gasteiger partial charge is 0.482 e. The van der Waals surface area contributed by atoms with Crippen LogP contribution in [0.25, 0.3) is 0 Å². The molecule has 0 bridgehead atoms. The Morgan fingerprint density at radius 1 is 1.09 bits per heavy atom. The van der Waals surface area contributed by atoms with E-state index >= 15 is 0 Å². The predicted octanol–water partition coefficient (Wildman–Crippen LogP) is 5.17. The Morgan fingerprint density at radius 2 is 1.78 bits per heavy atom. The highest BCUT2D eigenvalue weighted by atomic mass is 16.5. The highest BCUT2D eigenvalue weighted by molar-refractivity contribution is 5.98. The van der Waals surface area contributed by atoms with E-state index in [1.54, 1.807) is 4.90 Å². The highest BCUT2D eigenvalue weighted by Crippen LogP contribution is 2.38. The van der Waals surface area contributed by atoms with Gasteiger partial charge in [0, 0.05) is 18.7 Å². The van der Waals surface area contributed by atoms with Gasteiger partial charge in [-0.1, -0.05) is 45.9 Å². The van der Waals surface area contributed by atoms with Crippen molar-refractivity contribution >= 4 is 17.5 Å². The molecule has 1 saturated heterocycles. The number of piperidine rings is 1. The Labute approximate surface area is 191 Å². The van der Waals surface area contributed by atoms with Gasteiger partial charge in [-0.25, -0.2) is 0 Å². The molecule has 0 N–H and O–H groups in total. The van der Waals surface area contributed by atoms with Crippen LogP contribution >= 0.6 is 0 Å². The molecule has 5 heteroatoms. The molecule has 2 amide bonds. The van der Waals surface area contributed by atoms with Gasteiger partial charge in [0.15, 0.2) is 6.61 Å². The second kappa shape index (κ2) is 8.97. The van der Waals surface area contributed by atoms with E-state index in [0.717, 1.165) is 49.4 Å². The van der Waals surface area contributed by atoms with Crippen molar-refractivity contribution in [3.63, 3.8) is 0 Å². The summed E-state index contributed by atoms with van der Waals surface area (Å²) < 4.78 is 5.69. The SMILES string of the molecule is CCC(C)(C)c1ccc2c(c1)N(Cc1ccc(C(=O)N3CCC(C)CC3)cc1)C(=O)CO2. The Hall–Kier alpha value is -2.82. The van der Waals surface area contributed by atoms with Crippen LogP contribution in [0.1, 0.15) is 68.4 Å². The number of benzene rings is 2. The minimum Gasteiger partial charge on any atom is -0.482 e. The number of carbonyl (C=O) groups excluding carboxylic acids is 2. The molecule has 4 rings (SSSR count).